The average molecular weight is 356 g/mol. The molecule has 0 bridgehead atoms. The molecule has 3 aromatic rings. The zero-order valence-electron chi connectivity index (χ0n) is 13.9. The van der Waals surface area contributed by atoms with Crippen molar-refractivity contribution >= 4 is 11.6 Å². The number of ether oxygens (including phenoxy) is 1. The number of hydrogen-bond donors (Lipinski definition) is 0. The molecule has 0 aliphatic rings. The summed E-state index contributed by atoms with van der Waals surface area (Å²) < 4.78 is 7.11. The quantitative estimate of drug-likeness (QED) is 0.447. The SMILES string of the molecule is COc1ccc(-n2nc(CCCN=O)cc2-c2ccc(Cl)cc2)cc1. The molecule has 0 N–H and O–H groups in total. The monoisotopic (exact) mass is 355 g/mol. The van der Waals surface area contributed by atoms with Gasteiger partial charge < -0.3 is 4.74 Å². The number of nitroso groups, excluding NO2 is 1. The summed E-state index contributed by atoms with van der Waals surface area (Å²) in [5.41, 5.74) is 3.85. The normalized spacial score (nSPS) is 10.6. The third kappa shape index (κ3) is 4.06. The number of hydrogen-bond acceptors (Lipinski definition) is 4. The molecule has 2 aromatic carbocycles. The largest absolute Gasteiger partial charge is 0.497 e. The highest BCUT2D eigenvalue weighted by Gasteiger charge is 2.12. The van der Waals surface area contributed by atoms with Gasteiger partial charge in [0.2, 0.25) is 0 Å². The van der Waals surface area contributed by atoms with Crippen molar-refractivity contribution in [2.45, 2.75) is 12.8 Å². The summed E-state index contributed by atoms with van der Waals surface area (Å²) in [7, 11) is 1.64. The first-order chi connectivity index (χ1) is 12.2. The predicted octanol–water partition coefficient (Wildman–Crippen LogP) is 4.90. The van der Waals surface area contributed by atoms with Crippen molar-refractivity contribution in [3.05, 3.63) is 70.2 Å². The molecule has 1 aromatic heterocycles. The summed E-state index contributed by atoms with van der Waals surface area (Å²) in [6.07, 6.45) is 1.39. The summed E-state index contributed by atoms with van der Waals surface area (Å²) in [6.45, 7) is 0.297. The molecule has 0 unspecified atom stereocenters. The molecule has 0 aliphatic heterocycles. The maximum absolute atomic E-state index is 10.3. The zero-order valence-corrected chi connectivity index (χ0v) is 14.6. The lowest BCUT2D eigenvalue weighted by Crippen LogP contribution is -2.00. The summed E-state index contributed by atoms with van der Waals surface area (Å²) in [5.74, 6) is 0.793. The molecule has 0 atom stereocenters. The molecule has 0 radical (unpaired) electrons. The summed E-state index contributed by atoms with van der Waals surface area (Å²) in [4.78, 5) is 10.3. The van der Waals surface area contributed by atoms with E-state index < -0.39 is 0 Å². The van der Waals surface area contributed by atoms with E-state index in [0.717, 1.165) is 28.4 Å². The molecule has 25 heavy (non-hydrogen) atoms. The molecule has 0 saturated heterocycles. The highest BCUT2D eigenvalue weighted by atomic mass is 35.5. The molecule has 0 spiro atoms. The Bertz CT molecular complexity index is 842. The predicted molar refractivity (Wildman–Crippen MR) is 99.5 cm³/mol. The van der Waals surface area contributed by atoms with Crippen molar-refractivity contribution in [2.24, 2.45) is 5.18 Å². The van der Waals surface area contributed by atoms with E-state index >= 15 is 0 Å². The highest BCUT2D eigenvalue weighted by Crippen LogP contribution is 2.26. The van der Waals surface area contributed by atoms with Gasteiger partial charge in [0.15, 0.2) is 0 Å². The first-order valence-corrected chi connectivity index (χ1v) is 8.37. The standard InChI is InChI=1S/C19H18ClN3O2/c1-25-18-10-8-17(9-11-18)23-19(14-4-6-15(20)7-5-14)13-16(22-23)3-2-12-21-24/h4-11,13H,2-3,12H2,1H3. The van der Waals surface area contributed by atoms with Crippen LogP contribution in [0.1, 0.15) is 12.1 Å². The van der Waals surface area contributed by atoms with Gasteiger partial charge in [0.1, 0.15) is 5.75 Å². The van der Waals surface area contributed by atoms with Gasteiger partial charge in [-0.15, -0.1) is 0 Å². The molecule has 0 saturated carbocycles. The van der Waals surface area contributed by atoms with Crippen molar-refractivity contribution in [2.75, 3.05) is 13.7 Å². The Hall–Kier alpha value is -2.66. The van der Waals surface area contributed by atoms with Gasteiger partial charge in [0.05, 0.1) is 30.7 Å². The third-order valence-electron chi connectivity index (χ3n) is 3.90. The Morgan fingerprint density at radius 2 is 1.84 bits per heavy atom. The number of methoxy groups -OCH3 is 1. The van der Waals surface area contributed by atoms with E-state index in [2.05, 4.69) is 5.18 Å². The molecule has 0 aliphatic carbocycles. The number of halogens is 1. The molecule has 6 heteroatoms. The van der Waals surface area contributed by atoms with E-state index in [1.54, 1.807) is 7.11 Å². The lowest BCUT2D eigenvalue weighted by Gasteiger charge is -2.08. The van der Waals surface area contributed by atoms with Crippen molar-refractivity contribution in [1.29, 1.82) is 0 Å². The van der Waals surface area contributed by atoms with E-state index in [-0.39, 0.29) is 0 Å². The molecule has 0 amide bonds. The van der Waals surface area contributed by atoms with Crippen molar-refractivity contribution < 1.29 is 4.74 Å². The molecule has 0 fully saturated rings. The minimum absolute atomic E-state index is 0.297. The van der Waals surface area contributed by atoms with E-state index in [1.165, 1.54) is 0 Å². The van der Waals surface area contributed by atoms with E-state index in [0.29, 0.717) is 24.4 Å². The van der Waals surface area contributed by atoms with Crippen LogP contribution in [0.4, 0.5) is 0 Å². The van der Waals surface area contributed by atoms with E-state index in [1.807, 2.05) is 59.3 Å². The van der Waals surface area contributed by atoms with E-state index in [4.69, 9.17) is 21.4 Å². The van der Waals surface area contributed by atoms with Crippen LogP contribution in [0.5, 0.6) is 5.75 Å². The van der Waals surface area contributed by atoms with Crippen molar-refractivity contribution in [3.63, 3.8) is 0 Å². The summed E-state index contributed by atoms with van der Waals surface area (Å²) in [5, 5.41) is 8.31. The number of rotatable bonds is 7. The van der Waals surface area contributed by atoms with Gasteiger partial charge in [0, 0.05) is 10.6 Å². The number of nitrogens with zero attached hydrogens (tertiary/aromatic N) is 3. The van der Waals surface area contributed by atoms with Gasteiger partial charge in [-0.1, -0.05) is 28.9 Å². The van der Waals surface area contributed by atoms with Crippen LogP contribution in [0.25, 0.3) is 16.9 Å². The molecule has 3 rings (SSSR count). The van der Waals surface area contributed by atoms with Gasteiger partial charge in [0.25, 0.3) is 0 Å². The number of benzene rings is 2. The average Bonchev–Trinajstić information content (AvgIpc) is 3.07. The van der Waals surface area contributed by atoms with Gasteiger partial charge in [-0.05, 0) is 55.3 Å². The highest BCUT2D eigenvalue weighted by molar-refractivity contribution is 6.30. The Morgan fingerprint density at radius 1 is 1.12 bits per heavy atom. The molecular formula is C19H18ClN3O2. The van der Waals surface area contributed by atoms with Crippen LogP contribution in [-0.4, -0.2) is 23.4 Å². The fourth-order valence-corrected chi connectivity index (χ4v) is 2.75. The third-order valence-corrected chi connectivity index (χ3v) is 4.15. The van der Waals surface area contributed by atoms with Crippen LogP contribution in [0.2, 0.25) is 5.02 Å². The van der Waals surface area contributed by atoms with Crippen LogP contribution >= 0.6 is 11.6 Å². The van der Waals surface area contributed by atoms with Crippen molar-refractivity contribution in [1.82, 2.24) is 9.78 Å². The lowest BCUT2D eigenvalue weighted by atomic mass is 10.1. The van der Waals surface area contributed by atoms with Gasteiger partial charge in [-0.25, -0.2) is 4.68 Å². The minimum Gasteiger partial charge on any atom is -0.497 e. The lowest BCUT2D eigenvalue weighted by molar-refractivity contribution is 0.414. The minimum atomic E-state index is 0.297. The summed E-state index contributed by atoms with van der Waals surface area (Å²) >= 11 is 6.00. The fraction of sp³-hybridized carbons (Fsp3) is 0.211. The fourth-order valence-electron chi connectivity index (χ4n) is 2.62. The Morgan fingerprint density at radius 3 is 2.48 bits per heavy atom. The van der Waals surface area contributed by atoms with Crippen LogP contribution in [0.15, 0.2) is 59.8 Å². The first-order valence-electron chi connectivity index (χ1n) is 7.99. The second-order valence-corrected chi connectivity index (χ2v) is 6.03. The topological polar surface area (TPSA) is 56.5 Å². The molecular weight excluding hydrogens is 338 g/mol. The maximum Gasteiger partial charge on any atom is 0.119 e. The second kappa shape index (κ2) is 7.94. The Balaban J connectivity index is 2.00. The van der Waals surface area contributed by atoms with Crippen LogP contribution in [0.3, 0.4) is 0 Å². The maximum atomic E-state index is 10.3. The molecule has 128 valence electrons. The zero-order chi connectivity index (χ0) is 17.6. The first kappa shape index (κ1) is 17.2. The molecule has 5 nitrogen and oxygen atoms in total. The smallest absolute Gasteiger partial charge is 0.119 e. The molecule has 1 heterocycles. The van der Waals surface area contributed by atoms with Crippen LogP contribution < -0.4 is 4.74 Å². The van der Waals surface area contributed by atoms with Crippen LogP contribution in [0, 0.1) is 4.91 Å². The van der Waals surface area contributed by atoms with Crippen molar-refractivity contribution in [3.8, 4) is 22.7 Å². The van der Waals surface area contributed by atoms with Gasteiger partial charge in [-0.3, -0.25) is 0 Å². The van der Waals surface area contributed by atoms with Gasteiger partial charge in [-0.2, -0.15) is 10.0 Å². The Kier molecular flexibility index (Phi) is 5.46. The number of aryl methyl sites for hydroxylation is 1. The summed E-state index contributed by atoms with van der Waals surface area (Å²) in [6, 6.07) is 17.4. The second-order valence-electron chi connectivity index (χ2n) is 5.59. The Labute approximate surface area is 151 Å². The van der Waals surface area contributed by atoms with Gasteiger partial charge >= 0.3 is 0 Å². The number of aromatic nitrogens is 2. The van der Waals surface area contributed by atoms with Crippen LogP contribution in [-0.2, 0) is 6.42 Å². The van der Waals surface area contributed by atoms with E-state index in [9.17, 15) is 4.91 Å².